The Balaban J connectivity index is 1.17. The lowest BCUT2D eigenvalue weighted by atomic mass is 9.81. The van der Waals surface area contributed by atoms with E-state index in [0.29, 0.717) is 0 Å². The second-order valence-electron chi connectivity index (χ2n) is 13.1. The SMILES string of the molecule is CC1(C)c2cc(-c3ccc4nc(-c5cccc(-c6ccccc6)c5)c(-c5ccccc5)nc4c3)ccc2-c2cc3ccccc3cc21. The molecule has 7 aromatic carbocycles. The Morgan fingerprint density at radius 1 is 0.362 bits per heavy atom. The molecule has 47 heavy (non-hydrogen) atoms. The maximum Gasteiger partial charge on any atom is 0.0973 e. The Morgan fingerprint density at radius 3 is 1.70 bits per heavy atom. The first kappa shape index (κ1) is 27.5. The van der Waals surface area contributed by atoms with Gasteiger partial charge < -0.3 is 0 Å². The summed E-state index contributed by atoms with van der Waals surface area (Å²) in [5.74, 6) is 0. The van der Waals surface area contributed by atoms with E-state index in [1.165, 1.54) is 44.2 Å². The van der Waals surface area contributed by atoms with E-state index in [1.54, 1.807) is 0 Å². The third kappa shape index (κ3) is 4.56. The van der Waals surface area contributed by atoms with Crippen molar-refractivity contribution in [3.63, 3.8) is 0 Å². The average Bonchev–Trinajstić information content (AvgIpc) is 3.35. The Labute approximate surface area is 275 Å². The van der Waals surface area contributed by atoms with Crippen LogP contribution in [0.3, 0.4) is 0 Å². The van der Waals surface area contributed by atoms with Crippen LogP contribution >= 0.6 is 0 Å². The van der Waals surface area contributed by atoms with Crippen molar-refractivity contribution in [1.29, 1.82) is 0 Å². The van der Waals surface area contributed by atoms with Crippen molar-refractivity contribution in [2.75, 3.05) is 0 Å². The Kier molecular flexibility index (Phi) is 6.20. The van der Waals surface area contributed by atoms with E-state index in [1.807, 2.05) is 12.1 Å². The van der Waals surface area contributed by atoms with Gasteiger partial charge in [-0.3, -0.25) is 0 Å². The molecule has 2 heteroatoms. The second-order valence-corrected chi connectivity index (χ2v) is 13.1. The number of rotatable bonds is 4. The molecular weight excluding hydrogens is 569 g/mol. The van der Waals surface area contributed by atoms with Crippen molar-refractivity contribution in [3.8, 4) is 55.9 Å². The van der Waals surface area contributed by atoms with Gasteiger partial charge in [0, 0.05) is 16.5 Å². The van der Waals surface area contributed by atoms with Crippen LogP contribution in [0, 0.1) is 0 Å². The molecule has 0 aliphatic heterocycles. The lowest BCUT2D eigenvalue weighted by Crippen LogP contribution is -2.15. The molecule has 0 amide bonds. The largest absolute Gasteiger partial charge is 0.244 e. The molecule has 1 aliphatic carbocycles. The van der Waals surface area contributed by atoms with Crippen LogP contribution in [-0.2, 0) is 5.41 Å². The molecule has 1 aliphatic rings. The van der Waals surface area contributed by atoms with Gasteiger partial charge >= 0.3 is 0 Å². The fourth-order valence-corrected chi connectivity index (χ4v) is 7.31. The summed E-state index contributed by atoms with van der Waals surface area (Å²) in [4.78, 5) is 10.6. The molecule has 2 nitrogen and oxygen atoms in total. The molecule has 1 heterocycles. The topological polar surface area (TPSA) is 25.8 Å². The number of hydrogen-bond donors (Lipinski definition) is 0. The van der Waals surface area contributed by atoms with Gasteiger partial charge in [0.15, 0.2) is 0 Å². The summed E-state index contributed by atoms with van der Waals surface area (Å²) in [5.41, 5.74) is 15.7. The summed E-state index contributed by atoms with van der Waals surface area (Å²) < 4.78 is 0. The molecule has 0 unspecified atom stereocenters. The molecule has 0 bridgehead atoms. The Hall–Kier alpha value is -5.86. The van der Waals surface area contributed by atoms with Crippen LogP contribution in [0.2, 0.25) is 0 Å². The minimum Gasteiger partial charge on any atom is -0.244 e. The van der Waals surface area contributed by atoms with E-state index in [-0.39, 0.29) is 5.41 Å². The number of aromatic nitrogens is 2. The summed E-state index contributed by atoms with van der Waals surface area (Å²) >= 11 is 0. The number of hydrogen-bond acceptors (Lipinski definition) is 2. The predicted octanol–water partition coefficient (Wildman–Crippen LogP) is 11.8. The van der Waals surface area contributed by atoms with Crippen LogP contribution in [0.4, 0.5) is 0 Å². The smallest absolute Gasteiger partial charge is 0.0973 e. The molecule has 0 saturated heterocycles. The highest BCUT2D eigenvalue weighted by molar-refractivity contribution is 5.95. The van der Waals surface area contributed by atoms with Crippen LogP contribution in [0.1, 0.15) is 25.0 Å². The Bertz CT molecular complexity index is 2480. The van der Waals surface area contributed by atoms with Crippen LogP contribution in [0.25, 0.3) is 77.7 Å². The minimum atomic E-state index is -0.0922. The van der Waals surface area contributed by atoms with Gasteiger partial charge in [0.1, 0.15) is 0 Å². The molecule has 222 valence electrons. The summed E-state index contributed by atoms with van der Waals surface area (Å²) in [6, 6.07) is 56.4. The standard InChI is InChI=1S/C45H32N2/c1-45(2)39-27-34(20-22-37(39)38-25-32-16-9-10-17-33(32)26-40(38)45)35-21-23-41-42(28-35)47-43(30-14-7-4-8-15-30)44(46-41)36-19-11-18-31(24-36)29-12-5-3-6-13-29/h3-28H,1-2H3. The van der Waals surface area contributed by atoms with Gasteiger partial charge in [-0.2, -0.15) is 0 Å². The highest BCUT2D eigenvalue weighted by Gasteiger charge is 2.36. The summed E-state index contributed by atoms with van der Waals surface area (Å²) in [6.45, 7) is 4.70. The zero-order chi connectivity index (χ0) is 31.5. The third-order valence-corrected chi connectivity index (χ3v) is 9.83. The van der Waals surface area contributed by atoms with E-state index in [4.69, 9.17) is 9.97 Å². The van der Waals surface area contributed by atoms with Crippen LogP contribution in [-0.4, -0.2) is 9.97 Å². The van der Waals surface area contributed by atoms with Gasteiger partial charge in [0.2, 0.25) is 0 Å². The van der Waals surface area contributed by atoms with Gasteiger partial charge in [-0.1, -0.05) is 135 Å². The second kappa shape index (κ2) is 10.6. The fourth-order valence-electron chi connectivity index (χ4n) is 7.31. The molecule has 0 saturated carbocycles. The number of benzene rings is 7. The van der Waals surface area contributed by atoms with Crippen molar-refractivity contribution in [3.05, 3.63) is 169 Å². The van der Waals surface area contributed by atoms with Gasteiger partial charge in [0.05, 0.1) is 22.4 Å². The van der Waals surface area contributed by atoms with E-state index in [0.717, 1.165) is 44.7 Å². The van der Waals surface area contributed by atoms with E-state index in [2.05, 4.69) is 159 Å². The van der Waals surface area contributed by atoms with Crippen molar-refractivity contribution < 1.29 is 0 Å². The van der Waals surface area contributed by atoms with Crippen LogP contribution < -0.4 is 0 Å². The van der Waals surface area contributed by atoms with Gasteiger partial charge in [0.25, 0.3) is 0 Å². The molecule has 0 radical (unpaired) electrons. The molecule has 8 aromatic rings. The highest BCUT2D eigenvalue weighted by atomic mass is 14.8. The zero-order valence-electron chi connectivity index (χ0n) is 26.4. The zero-order valence-corrected chi connectivity index (χ0v) is 26.4. The first-order valence-electron chi connectivity index (χ1n) is 16.2. The first-order valence-corrected chi connectivity index (χ1v) is 16.2. The molecular formula is C45H32N2. The van der Waals surface area contributed by atoms with E-state index < -0.39 is 0 Å². The normalized spacial score (nSPS) is 13.1. The van der Waals surface area contributed by atoms with Gasteiger partial charge in [-0.25, -0.2) is 9.97 Å². The van der Waals surface area contributed by atoms with Gasteiger partial charge in [-0.15, -0.1) is 0 Å². The molecule has 0 atom stereocenters. The summed E-state index contributed by atoms with van der Waals surface area (Å²) in [5, 5.41) is 2.58. The average molecular weight is 601 g/mol. The van der Waals surface area contributed by atoms with E-state index >= 15 is 0 Å². The monoisotopic (exact) mass is 600 g/mol. The maximum atomic E-state index is 5.31. The molecule has 0 N–H and O–H groups in total. The number of fused-ring (bicyclic) bond motifs is 5. The van der Waals surface area contributed by atoms with Gasteiger partial charge in [-0.05, 0) is 91.7 Å². The molecule has 9 rings (SSSR count). The van der Waals surface area contributed by atoms with E-state index in [9.17, 15) is 0 Å². The Morgan fingerprint density at radius 2 is 0.915 bits per heavy atom. The maximum absolute atomic E-state index is 5.31. The minimum absolute atomic E-state index is 0.0922. The van der Waals surface area contributed by atoms with Crippen molar-refractivity contribution in [2.24, 2.45) is 0 Å². The summed E-state index contributed by atoms with van der Waals surface area (Å²) in [6.07, 6.45) is 0. The van der Waals surface area contributed by atoms with Crippen molar-refractivity contribution in [2.45, 2.75) is 19.3 Å². The molecule has 0 spiro atoms. The number of nitrogens with zero attached hydrogens (tertiary/aromatic N) is 2. The lowest BCUT2D eigenvalue weighted by Gasteiger charge is -2.22. The summed E-state index contributed by atoms with van der Waals surface area (Å²) in [7, 11) is 0. The molecule has 0 fully saturated rings. The third-order valence-electron chi connectivity index (χ3n) is 9.83. The van der Waals surface area contributed by atoms with Crippen molar-refractivity contribution >= 4 is 21.8 Å². The van der Waals surface area contributed by atoms with Crippen LogP contribution in [0.15, 0.2) is 158 Å². The lowest BCUT2D eigenvalue weighted by molar-refractivity contribution is 0.661. The molecule has 1 aromatic heterocycles. The fraction of sp³-hybridized carbons (Fsp3) is 0.0667. The predicted molar refractivity (Wildman–Crippen MR) is 196 cm³/mol. The quantitative estimate of drug-likeness (QED) is 0.201. The first-order chi connectivity index (χ1) is 23.0. The highest BCUT2D eigenvalue weighted by Crippen LogP contribution is 2.51. The van der Waals surface area contributed by atoms with Crippen LogP contribution in [0.5, 0.6) is 0 Å². The van der Waals surface area contributed by atoms with Crippen molar-refractivity contribution in [1.82, 2.24) is 9.97 Å².